The largest absolute Gasteiger partial charge is 0.355 e. The van der Waals surface area contributed by atoms with E-state index < -0.39 is 24.6 Å². The van der Waals surface area contributed by atoms with Crippen LogP contribution in [0.1, 0.15) is 33.1 Å². The van der Waals surface area contributed by atoms with E-state index in [0.29, 0.717) is 31.5 Å². The molecule has 1 aliphatic heterocycles. The van der Waals surface area contributed by atoms with Crippen molar-refractivity contribution in [1.82, 2.24) is 14.9 Å². The molecule has 1 saturated heterocycles. The number of sulfone groups is 1. The van der Waals surface area contributed by atoms with Crippen LogP contribution in [-0.2, 0) is 19.9 Å². The van der Waals surface area contributed by atoms with E-state index >= 15 is 0 Å². The summed E-state index contributed by atoms with van der Waals surface area (Å²) >= 11 is 0. The van der Waals surface area contributed by atoms with Crippen molar-refractivity contribution in [2.75, 3.05) is 44.7 Å². The second kappa shape index (κ2) is 7.79. The molecule has 0 unspecified atom stereocenters. The summed E-state index contributed by atoms with van der Waals surface area (Å²) in [6.07, 6.45) is 3.38. The molecule has 0 aromatic rings. The van der Waals surface area contributed by atoms with Gasteiger partial charge >= 0.3 is 0 Å². The standard InChI is InChI=1S/C15H30N4O4S2/c1-15(2)12-19(8-10-24(15,20)21)14(16-3)17-7-9-25(22,23)18-11-13-5-4-6-13/h13,18H,4-12H2,1-3H3,(H,16,17). The van der Waals surface area contributed by atoms with E-state index in [1.165, 1.54) is 6.42 Å². The van der Waals surface area contributed by atoms with Gasteiger partial charge in [0.05, 0.1) is 16.3 Å². The van der Waals surface area contributed by atoms with Crippen molar-refractivity contribution in [3.05, 3.63) is 0 Å². The Bertz CT molecular complexity index is 697. The van der Waals surface area contributed by atoms with Crippen molar-refractivity contribution in [1.29, 1.82) is 0 Å². The Hall–Kier alpha value is -0.870. The highest BCUT2D eigenvalue weighted by molar-refractivity contribution is 7.92. The molecule has 2 fully saturated rings. The lowest BCUT2D eigenvalue weighted by molar-refractivity contribution is 0.316. The summed E-state index contributed by atoms with van der Waals surface area (Å²) in [5, 5.41) is 3.04. The molecule has 0 aromatic carbocycles. The number of hydrogen-bond donors (Lipinski definition) is 2. The number of guanidine groups is 1. The fraction of sp³-hybridized carbons (Fsp3) is 0.933. The predicted molar refractivity (Wildman–Crippen MR) is 99.9 cm³/mol. The lowest BCUT2D eigenvalue weighted by Crippen LogP contribution is -2.57. The third-order valence-electron chi connectivity index (χ3n) is 5.03. The van der Waals surface area contributed by atoms with Crippen LogP contribution in [-0.4, -0.2) is 77.2 Å². The number of sulfonamides is 1. The van der Waals surface area contributed by atoms with Gasteiger partial charge in [0, 0.05) is 33.2 Å². The van der Waals surface area contributed by atoms with Crippen LogP contribution in [0.4, 0.5) is 0 Å². The number of rotatable bonds is 6. The van der Waals surface area contributed by atoms with Crippen LogP contribution in [0.5, 0.6) is 0 Å². The second-order valence-electron chi connectivity index (χ2n) is 7.44. The zero-order chi connectivity index (χ0) is 18.7. The molecule has 1 heterocycles. The highest BCUT2D eigenvalue weighted by Gasteiger charge is 2.40. The average Bonchev–Trinajstić information content (AvgIpc) is 2.45. The zero-order valence-corrected chi connectivity index (χ0v) is 16.9. The molecule has 1 aliphatic carbocycles. The third kappa shape index (κ3) is 5.30. The topological polar surface area (TPSA) is 108 Å². The van der Waals surface area contributed by atoms with Crippen LogP contribution in [0, 0.1) is 5.92 Å². The summed E-state index contributed by atoms with van der Waals surface area (Å²) < 4.78 is 50.0. The number of nitrogens with zero attached hydrogens (tertiary/aromatic N) is 2. The van der Waals surface area contributed by atoms with Gasteiger partial charge in [-0.05, 0) is 32.6 Å². The normalized spacial score (nSPS) is 24.0. The van der Waals surface area contributed by atoms with Gasteiger partial charge in [-0.2, -0.15) is 0 Å². The SMILES string of the molecule is CN=C(NCCS(=O)(=O)NCC1CCC1)N1CCS(=O)(=O)C(C)(C)C1. The first-order chi connectivity index (χ1) is 11.6. The van der Waals surface area contributed by atoms with E-state index in [4.69, 9.17) is 0 Å². The molecule has 0 atom stereocenters. The number of aliphatic imine (C=N–C) groups is 1. The van der Waals surface area contributed by atoms with Crippen molar-refractivity contribution in [2.45, 2.75) is 37.9 Å². The molecule has 1 saturated carbocycles. The van der Waals surface area contributed by atoms with Gasteiger partial charge in [0.1, 0.15) is 0 Å². The van der Waals surface area contributed by atoms with Crippen LogP contribution in [0.15, 0.2) is 4.99 Å². The maximum Gasteiger partial charge on any atom is 0.213 e. The van der Waals surface area contributed by atoms with Gasteiger partial charge in [-0.3, -0.25) is 4.99 Å². The average molecular weight is 395 g/mol. The summed E-state index contributed by atoms with van der Waals surface area (Å²) in [6.45, 7) is 4.86. The minimum atomic E-state index is -3.31. The van der Waals surface area contributed by atoms with Crippen molar-refractivity contribution in [2.24, 2.45) is 10.9 Å². The molecule has 8 nitrogen and oxygen atoms in total. The summed E-state index contributed by atoms with van der Waals surface area (Å²) in [7, 11) is -4.82. The Morgan fingerprint density at radius 1 is 1.32 bits per heavy atom. The van der Waals surface area contributed by atoms with Crippen LogP contribution in [0.2, 0.25) is 0 Å². The minimum Gasteiger partial charge on any atom is -0.355 e. The molecular formula is C15H30N4O4S2. The molecule has 2 N–H and O–H groups in total. The summed E-state index contributed by atoms with van der Waals surface area (Å²) in [5.74, 6) is 1.06. The third-order valence-corrected chi connectivity index (χ3v) is 8.91. The van der Waals surface area contributed by atoms with Gasteiger partial charge in [-0.25, -0.2) is 21.6 Å². The van der Waals surface area contributed by atoms with E-state index in [-0.39, 0.29) is 18.1 Å². The first-order valence-corrected chi connectivity index (χ1v) is 12.0. The molecule has 0 bridgehead atoms. The molecule has 0 aromatic heterocycles. The van der Waals surface area contributed by atoms with Crippen LogP contribution in [0.25, 0.3) is 0 Å². The van der Waals surface area contributed by atoms with E-state index in [1.54, 1.807) is 20.9 Å². The van der Waals surface area contributed by atoms with Gasteiger partial charge in [-0.1, -0.05) is 6.42 Å². The summed E-state index contributed by atoms with van der Waals surface area (Å²) in [4.78, 5) is 6.03. The monoisotopic (exact) mass is 394 g/mol. The maximum absolute atomic E-state index is 12.1. The minimum absolute atomic E-state index is 0.0335. The molecule has 146 valence electrons. The van der Waals surface area contributed by atoms with Crippen LogP contribution < -0.4 is 10.0 Å². The van der Waals surface area contributed by atoms with Crippen LogP contribution >= 0.6 is 0 Å². The van der Waals surface area contributed by atoms with Crippen molar-refractivity contribution in [3.8, 4) is 0 Å². The fourth-order valence-electron chi connectivity index (χ4n) is 2.97. The smallest absolute Gasteiger partial charge is 0.213 e. The lowest BCUT2D eigenvalue weighted by atomic mass is 9.86. The second-order valence-corrected chi connectivity index (χ2v) is 12.1. The van der Waals surface area contributed by atoms with E-state index in [9.17, 15) is 16.8 Å². The van der Waals surface area contributed by atoms with Gasteiger partial charge in [0.2, 0.25) is 10.0 Å². The molecular weight excluding hydrogens is 364 g/mol. The predicted octanol–water partition coefficient (Wildman–Crippen LogP) is -0.210. The Kier molecular flexibility index (Phi) is 6.37. The molecule has 2 rings (SSSR count). The molecule has 0 amide bonds. The molecule has 2 aliphatic rings. The first kappa shape index (κ1) is 20.4. The van der Waals surface area contributed by atoms with Gasteiger partial charge in [-0.15, -0.1) is 0 Å². The van der Waals surface area contributed by atoms with E-state index in [0.717, 1.165) is 12.8 Å². The van der Waals surface area contributed by atoms with Crippen molar-refractivity contribution in [3.63, 3.8) is 0 Å². The number of hydrogen-bond acceptors (Lipinski definition) is 5. The van der Waals surface area contributed by atoms with Crippen molar-refractivity contribution < 1.29 is 16.8 Å². The van der Waals surface area contributed by atoms with Gasteiger partial charge < -0.3 is 10.2 Å². The maximum atomic E-state index is 12.1. The highest BCUT2D eigenvalue weighted by Crippen LogP contribution is 2.25. The molecule has 10 heteroatoms. The van der Waals surface area contributed by atoms with Crippen LogP contribution in [0.3, 0.4) is 0 Å². The highest BCUT2D eigenvalue weighted by atomic mass is 32.2. The van der Waals surface area contributed by atoms with E-state index in [2.05, 4.69) is 15.0 Å². The quantitative estimate of drug-likeness (QED) is 0.477. The Morgan fingerprint density at radius 3 is 2.52 bits per heavy atom. The van der Waals surface area contributed by atoms with Crippen molar-refractivity contribution >= 4 is 25.8 Å². The Morgan fingerprint density at radius 2 is 2.00 bits per heavy atom. The number of nitrogens with one attached hydrogen (secondary N) is 2. The zero-order valence-electron chi connectivity index (χ0n) is 15.3. The molecule has 0 radical (unpaired) electrons. The first-order valence-electron chi connectivity index (χ1n) is 8.71. The van der Waals surface area contributed by atoms with E-state index in [1.807, 2.05) is 4.90 Å². The van der Waals surface area contributed by atoms with Gasteiger partial charge in [0.25, 0.3) is 0 Å². The van der Waals surface area contributed by atoms with Gasteiger partial charge in [0.15, 0.2) is 15.8 Å². The Labute approximate surface area is 151 Å². The lowest BCUT2D eigenvalue weighted by Gasteiger charge is -2.39. The fourth-order valence-corrected chi connectivity index (χ4v) is 5.34. The molecule has 25 heavy (non-hydrogen) atoms. The summed E-state index contributed by atoms with van der Waals surface area (Å²) in [5.41, 5.74) is 0. The Balaban J connectivity index is 1.82. The summed E-state index contributed by atoms with van der Waals surface area (Å²) in [6, 6.07) is 0. The molecule has 0 spiro atoms.